The summed E-state index contributed by atoms with van der Waals surface area (Å²) in [6.07, 6.45) is 3.81. The molecule has 0 amide bonds. The minimum atomic E-state index is -0.714. The van der Waals surface area contributed by atoms with Crippen LogP contribution >= 0.6 is 0 Å². The van der Waals surface area contributed by atoms with E-state index < -0.39 is 5.60 Å². The maximum atomic E-state index is 12.8. The van der Waals surface area contributed by atoms with Crippen LogP contribution in [-0.2, 0) is 5.60 Å². The topological polar surface area (TPSA) is 20.2 Å². The summed E-state index contributed by atoms with van der Waals surface area (Å²) >= 11 is 0. The Hall–Kier alpha value is -0.890. The fourth-order valence-corrected chi connectivity index (χ4v) is 2.50. The van der Waals surface area contributed by atoms with Crippen molar-refractivity contribution in [2.24, 2.45) is 5.92 Å². The first-order chi connectivity index (χ1) is 7.14. The third-order valence-electron chi connectivity index (χ3n) is 3.55. The first-order valence-corrected chi connectivity index (χ1v) is 5.62. The molecule has 1 saturated carbocycles. The highest BCUT2D eigenvalue weighted by atomic mass is 19.1. The second-order valence-corrected chi connectivity index (χ2v) is 4.56. The zero-order valence-corrected chi connectivity index (χ0v) is 9.04. The Morgan fingerprint density at radius 1 is 1.40 bits per heavy atom. The monoisotopic (exact) mass is 208 g/mol. The van der Waals surface area contributed by atoms with Crippen molar-refractivity contribution in [3.05, 3.63) is 35.6 Å². The van der Waals surface area contributed by atoms with E-state index in [2.05, 4.69) is 6.92 Å². The lowest BCUT2D eigenvalue weighted by Gasteiger charge is -2.23. The molecule has 1 nitrogen and oxygen atoms in total. The van der Waals surface area contributed by atoms with Gasteiger partial charge >= 0.3 is 0 Å². The smallest absolute Gasteiger partial charge is 0.123 e. The molecule has 0 aromatic heterocycles. The highest BCUT2D eigenvalue weighted by Gasteiger charge is 2.37. The fraction of sp³-hybridized carbons (Fsp3) is 0.538. The molecule has 1 aliphatic carbocycles. The highest BCUT2D eigenvalue weighted by Crippen LogP contribution is 2.43. The summed E-state index contributed by atoms with van der Waals surface area (Å²) in [6, 6.07) is 6.25. The van der Waals surface area contributed by atoms with Gasteiger partial charge in [-0.2, -0.15) is 0 Å². The van der Waals surface area contributed by atoms with Crippen molar-refractivity contribution in [3.8, 4) is 0 Å². The van der Waals surface area contributed by atoms with Gasteiger partial charge in [0.05, 0.1) is 5.60 Å². The second-order valence-electron chi connectivity index (χ2n) is 4.56. The molecule has 2 atom stereocenters. The summed E-state index contributed by atoms with van der Waals surface area (Å²) in [4.78, 5) is 0. The van der Waals surface area contributed by atoms with E-state index in [4.69, 9.17) is 0 Å². The van der Waals surface area contributed by atoms with Gasteiger partial charge in [0.25, 0.3) is 0 Å². The third-order valence-corrected chi connectivity index (χ3v) is 3.55. The van der Waals surface area contributed by atoms with E-state index in [0.29, 0.717) is 5.92 Å². The molecule has 0 radical (unpaired) electrons. The molecule has 2 unspecified atom stereocenters. The molecule has 0 aliphatic heterocycles. The Morgan fingerprint density at radius 3 is 2.60 bits per heavy atom. The van der Waals surface area contributed by atoms with Crippen LogP contribution in [0.25, 0.3) is 0 Å². The van der Waals surface area contributed by atoms with Crippen molar-refractivity contribution >= 4 is 0 Å². The van der Waals surface area contributed by atoms with E-state index >= 15 is 0 Å². The van der Waals surface area contributed by atoms with E-state index in [1.807, 2.05) is 0 Å². The van der Waals surface area contributed by atoms with Gasteiger partial charge in [-0.25, -0.2) is 4.39 Å². The molecule has 1 aromatic carbocycles. The lowest BCUT2D eigenvalue weighted by atomic mass is 9.91. The lowest BCUT2D eigenvalue weighted by molar-refractivity contribution is 0.0397. The van der Waals surface area contributed by atoms with E-state index in [1.165, 1.54) is 12.1 Å². The molecule has 2 rings (SSSR count). The largest absolute Gasteiger partial charge is 0.385 e. The summed E-state index contributed by atoms with van der Waals surface area (Å²) in [6.45, 7) is 2.15. The Balaban J connectivity index is 2.20. The molecule has 2 heteroatoms. The fourth-order valence-electron chi connectivity index (χ4n) is 2.50. The SMILES string of the molecule is CCC1CCC(O)(c2ccc(F)cc2)C1. The quantitative estimate of drug-likeness (QED) is 0.791. The Labute approximate surface area is 89.9 Å². The minimum absolute atomic E-state index is 0.243. The Morgan fingerprint density at radius 2 is 2.07 bits per heavy atom. The van der Waals surface area contributed by atoms with Crippen LogP contribution in [-0.4, -0.2) is 5.11 Å². The van der Waals surface area contributed by atoms with E-state index in [-0.39, 0.29) is 5.82 Å². The van der Waals surface area contributed by atoms with E-state index in [0.717, 1.165) is 31.2 Å². The second kappa shape index (κ2) is 3.93. The van der Waals surface area contributed by atoms with Gasteiger partial charge in [-0.15, -0.1) is 0 Å². The molecule has 0 bridgehead atoms. The summed E-state index contributed by atoms with van der Waals surface area (Å²) in [7, 11) is 0. The molecule has 1 N–H and O–H groups in total. The zero-order valence-electron chi connectivity index (χ0n) is 9.04. The van der Waals surface area contributed by atoms with Gasteiger partial charge in [0, 0.05) is 0 Å². The van der Waals surface area contributed by atoms with Gasteiger partial charge in [-0.05, 0) is 42.9 Å². The molecule has 0 spiro atoms. The molecule has 1 aliphatic rings. The van der Waals surface area contributed by atoms with Gasteiger partial charge in [-0.3, -0.25) is 0 Å². The summed E-state index contributed by atoms with van der Waals surface area (Å²) in [5, 5.41) is 10.4. The number of benzene rings is 1. The molecule has 1 aromatic rings. The van der Waals surface area contributed by atoms with Crippen LogP contribution < -0.4 is 0 Å². The number of hydrogen-bond donors (Lipinski definition) is 1. The number of halogens is 1. The van der Waals surface area contributed by atoms with Crippen LogP contribution in [0.1, 0.15) is 38.2 Å². The summed E-state index contributed by atoms with van der Waals surface area (Å²) < 4.78 is 12.8. The van der Waals surface area contributed by atoms with E-state index in [9.17, 15) is 9.50 Å². The van der Waals surface area contributed by atoms with Crippen molar-refractivity contribution in [3.63, 3.8) is 0 Å². The number of hydrogen-bond acceptors (Lipinski definition) is 1. The van der Waals surface area contributed by atoms with Crippen LogP contribution in [0.15, 0.2) is 24.3 Å². The van der Waals surface area contributed by atoms with Gasteiger partial charge in [0.15, 0.2) is 0 Å². The Bertz CT molecular complexity index is 333. The molecule has 15 heavy (non-hydrogen) atoms. The number of aliphatic hydroxyl groups is 1. The summed E-state index contributed by atoms with van der Waals surface area (Å²) in [5.74, 6) is 0.368. The van der Waals surface area contributed by atoms with Crippen LogP contribution in [0.5, 0.6) is 0 Å². The van der Waals surface area contributed by atoms with Crippen molar-refractivity contribution in [2.45, 2.75) is 38.2 Å². The Kier molecular flexibility index (Phi) is 2.79. The third kappa shape index (κ3) is 2.05. The maximum absolute atomic E-state index is 12.8. The molecular weight excluding hydrogens is 191 g/mol. The van der Waals surface area contributed by atoms with Crippen LogP contribution in [0.2, 0.25) is 0 Å². The van der Waals surface area contributed by atoms with Crippen LogP contribution in [0.3, 0.4) is 0 Å². The minimum Gasteiger partial charge on any atom is -0.385 e. The standard InChI is InChI=1S/C13H17FO/c1-2-10-7-8-13(15,9-10)11-3-5-12(14)6-4-11/h3-6,10,15H,2,7-9H2,1H3. The molecule has 1 fully saturated rings. The first-order valence-electron chi connectivity index (χ1n) is 5.62. The highest BCUT2D eigenvalue weighted by molar-refractivity contribution is 5.24. The van der Waals surface area contributed by atoms with Gasteiger partial charge in [-0.1, -0.05) is 25.5 Å². The van der Waals surface area contributed by atoms with Crippen LogP contribution in [0.4, 0.5) is 4.39 Å². The van der Waals surface area contributed by atoms with Gasteiger partial charge in [0.1, 0.15) is 5.82 Å². The maximum Gasteiger partial charge on any atom is 0.123 e. The lowest BCUT2D eigenvalue weighted by Crippen LogP contribution is -2.21. The molecular formula is C13H17FO. The first kappa shape index (κ1) is 10.6. The summed E-state index contributed by atoms with van der Waals surface area (Å²) in [5.41, 5.74) is 0.147. The van der Waals surface area contributed by atoms with Crippen molar-refractivity contribution in [1.82, 2.24) is 0 Å². The van der Waals surface area contributed by atoms with Crippen LogP contribution in [0, 0.1) is 11.7 Å². The van der Waals surface area contributed by atoms with Gasteiger partial charge < -0.3 is 5.11 Å². The molecule has 82 valence electrons. The van der Waals surface area contributed by atoms with Crippen molar-refractivity contribution in [2.75, 3.05) is 0 Å². The number of rotatable bonds is 2. The van der Waals surface area contributed by atoms with Crippen molar-refractivity contribution < 1.29 is 9.50 Å². The zero-order chi connectivity index (χ0) is 10.9. The predicted molar refractivity (Wildman–Crippen MR) is 57.9 cm³/mol. The average molecular weight is 208 g/mol. The molecule has 0 saturated heterocycles. The predicted octanol–water partition coefficient (Wildman–Crippen LogP) is 3.22. The normalized spacial score (nSPS) is 30.7. The van der Waals surface area contributed by atoms with E-state index in [1.54, 1.807) is 12.1 Å². The average Bonchev–Trinajstić information content (AvgIpc) is 2.62. The van der Waals surface area contributed by atoms with Gasteiger partial charge in [0.2, 0.25) is 0 Å². The molecule has 0 heterocycles. The van der Waals surface area contributed by atoms with Crippen molar-refractivity contribution in [1.29, 1.82) is 0 Å².